The van der Waals surface area contributed by atoms with Gasteiger partial charge in [-0.3, -0.25) is 0 Å². The molecule has 0 fully saturated rings. The monoisotopic (exact) mass is 259 g/mol. The Kier molecular flexibility index (Phi) is 3.53. The molecule has 2 aromatic rings. The van der Waals surface area contributed by atoms with E-state index in [2.05, 4.69) is 15.5 Å². The largest absolute Gasteiger partial charge is 0.407 e. The Labute approximate surface area is 101 Å². The van der Waals surface area contributed by atoms with Crippen molar-refractivity contribution >= 4 is 17.6 Å². The second kappa shape index (κ2) is 5.09. The lowest BCUT2D eigenvalue weighted by atomic mass is 10.2. The van der Waals surface area contributed by atoms with Crippen molar-refractivity contribution in [1.29, 1.82) is 0 Å². The summed E-state index contributed by atoms with van der Waals surface area (Å²) >= 11 is 5.47. The zero-order valence-corrected chi connectivity index (χ0v) is 9.34. The van der Waals surface area contributed by atoms with Gasteiger partial charge in [-0.15, -0.1) is 16.7 Å². The first-order valence-electron chi connectivity index (χ1n) is 4.75. The first kappa shape index (κ1) is 11.8. The number of aromatic nitrogens is 2. The molecule has 0 aliphatic carbocycles. The number of anilines is 1. The number of hydrogen-bond donors (Lipinski definition) is 1. The molecule has 0 aliphatic heterocycles. The maximum atomic E-state index is 13.3. The van der Waals surface area contributed by atoms with Crippen LogP contribution >= 0.6 is 11.6 Å². The van der Waals surface area contributed by atoms with Crippen LogP contribution in [0, 0.1) is 11.6 Å². The van der Waals surface area contributed by atoms with Crippen molar-refractivity contribution in [3.05, 3.63) is 41.3 Å². The Balaban J connectivity index is 2.02. The smallest absolute Gasteiger partial charge is 0.315 e. The van der Waals surface area contributed by atoms with E-state index in [9.17, 15) is 8.78 Å². The SMILES string of the molecule is Fc1ccc(CNc2nnc(CCl)o2)c(F)c1. The number of nitrogens with one attached hydrogen (secondary N) is 1. The number of rotatable bonds is 4. The molecule has 0 saturated heterocycles. The third-order valence-corrected chi connectivity index (χ3v) is 2.25. The van der Waals surface area contributed by atoms with Gasteiger partial charge in [0.1, 0.15) is 17.5 Å². The number of benzene rings is 1. The van der Waals surface area contributed by atoms with Crippen molar-refractivity contribution in [2.45, 2.75) is 12.4 Å². The van der Waals surface area contributed by atoms with E-state index < -0.39 is 11.6 Å². The summed E-state index contributed by atoms with van der Waals surface area (Å²) in [6.07, 6.45) is 0. The molecule has 0 spiro atoms. The van der Waals surface area contributed by atoms with E-state index in [4.69, 9.17) is 16.0 Å². The molecule has 0 amide bonds. The molecular formula is C10H8ClF2N3O. The van der Waals surface area contributed by atoms with E-state index in [1.807, 2.05) is 0 Å². The molecule has 17 heavy (non-hydrogen) atoms. The summed E-state index contributed by atoms with van der Waals surface area (Å²) in [4.78, 5) is 0. The highest BCUT2D eigenvalue weighted by Gasteiger charge is 2.07. The minimum Gasteiger partial charge on any atom is -0.407 e. The molecule has 0 radical (unpaired) electrons. The Morgan fingerprint density at radius 1 is 1.29 bits per heavy atom. The summed E-state index contributed by atoms with van der Waals surface area (Å²) in [5, 5.41) is 9.97. The molecule has 0 unspecified atom stereocenters. The Hall–Kier alpha value is -1.69. The van der Waals surface area contributed by atoms with E-state index in [0.29, 0.717) is 5.56 Å². The highest BCUT2D eigenvalue weighted by Crippen LogP contribution is 2.13. The molecule has 1 heterocycles. The summed E-state index contributed by atoms with van der Waals surface area (Å²) in [5.41, 5.74) is 0.303. The summed E-state index contributed by atoms with van der Waals surface area (Å²) in [7, 11) is 0. The lowest BCUT2D eigenvalue weighted by Gasteiger charge is -2.03. The van der Waals surface area contributed by atoms with Gasteiger partial charge in [-0.1, -0.05) is 11.2 Å². The van der Waals surface area contributed by atoms with Gasteiger partial charge >= 0.3 is 6.01 Å². The van der Waals surface area contributed by atoms with Crippen LogP contribution in [-0.4, -0.2) is 10.2 Å². The molecular weight excluding hydrogens is 252 g/mol. The highest BCUT2D eigenvalue weighted by molar-refractivity contribution is 6.16. The number of nitrogens with zero attached hydrogens (tertiary/aromatic N) is 2. The van der Waals surface area contributed by atoms with E-state index in [1.54, 1.807) is 0 Å². The molecule has 1 aromatic carbocycles. The molecule has 2 rings (SSSR count). The van der Waals surface area contributed by atoms with Crippen LogP contribution in [-0.2, 0) is 12.4 Å². The van der Waals surface area contributed by atoms with Crippen molar-refractivity contribution in [2.75, 3.05) is 5.32 Å². The Morgan fingerprint density at radius 2 is 2.12 bits per heavy atom. The van der Waals surface area contributed by atoms with Crippen LogP contribution in [0.5, 0.6) is 0 Å². The van der Waals surface area contributed by atoms with E-state index in [-0.39, 0.29) is 24.3 Å². The van der Waals surface area contributed by atoms with E-state index in [0.717, 1.165) is 6.07 Å². The second-order valence-corrected chi connectivity index (χ2v) is 3.49. The lowest BCUT2D eigenvalue weighted by molar-refractivity contribution is 0.524. The van der Waals surface area contributed by atoms with E-state index in [1.165, 1.54) is 12.1 Å². The van der Waals surface area contributed by atoms with Crippen LogP contribution in [0.15, 0.2) is 22.6 Å². The van der Waals surface area contributed by atoms with Gasteiger partial charge in [0.2, 0.25) is 5.89 Å². The van der Waals surface area contributed by atoms with Gasteiger partial charge in [0.25, 0.3) is 0 Å². The van der Waals surface area contributed by atoms with Crippen LogP contribution in [0.4, 0.5) is 14.8 Å². The molecule has 4 nitrogen and oxygen atoms in total. The van der Waals surface area contributed by atoms with Crippen molar-refractivity contribution in [1.82, 2.24) is 10.2 Å². The molecule has 0 bridgehead atoms. The van der Waals surface area contributed by atoms with Gasteiger partial charge in [-0.05, 0) is 6.07 Å². The van der Waals surface area contributed by atoms with Gasteiger partial charge < -0.3 is 9.73 Å². The van der Waals surface area contributed by atoms with Gasteiger partial charge in [0, 0.05) is 18.2 Å². The standard InChI is InChI=1S/C10H8ClF2N3O/c11-4-9-15-16-10(17-9)14-5-6-1-2-7(12)3-8(6)13/h1-3H,4-5H2,(H,14,16). The number of halogens is 3. The normalized spacial score (nSPS) is 10.5. The van der Waals surface area contributed by atoms with Gasteiger partial charge in [0.15, 0.2) is 0 Å². The third kappa shape index (κ3) is 2.91. The van der Waals surface area contributed by atoms with Crippen molar-refractivity contribution in [3.8, 4) is 0 Å². The molecule has 1 N–H and O–H groups in total. The second-order valence-electron chi connectivity index (χ2n) is 3.22. The zero-order chi connectivity index (χ0) is 12.3. The summed E-state index contributed by atoms with van der Waals surface area (Å²) in [5.74, 6) is -0.864. The molecule has 1 aromatic heterocycles. The number of hydrogen-bond acceptors (Lipinski definition) is 4. The average Bonchev–Trinajstić information content (AvgIpc) is 2.76. The fourth-order valence-corrected chi connectivity index (χ4v) is 1.32. The minimum absolute atomic E-state index is 0.111. The highest BCUT2D eigenvalue weighted by atomic mass is 35.5. The summed E-state index contributed by atoms with van der Waals surface area (Å²) < 4.78 is 31.0. The van der Waals surface area contributed by atoms with Gasteiger partial charge in [0.05, 0.1) is 0 Å². The quantitative estimate of drug-likeness (QED) is 0.858. The van der Waals surface area contributed by atoms with Crippen LogP contribution in [0.1, 0.15) is 11.5 Å². The zero-order valence-electron chi connectivity index (χ0n) is 8.58. The van der Waals surface area contributed by atoms with E-state index >= 15 is 0 Å². The number of alkyl halides is 1. The van der Waals surface area contributed by atoms with Crippen LogP contribution < -0.4 is 5.32 Å². The fourth-order valence-electron chi connectivity index (χ4n) is 1.21. The fraction of sp³-hybridized carbons (Fsp3) is 0.200. The molecule has 90 valence electrons. The van der Waals surface area contributed by atoms with Crippen LogP contribution in [0.25, 0.3) is 0 Å². The molecule has 0 aliphatic rings. The first-order chi connectivity index (χ1) is 8.19. The third-order valence-electron chi connectivity index (χ3n) is 2.03. The Morgan fingerprint density at radius 3 is 2.76 bits per heavy atom. The minimum atomic E-state index is -0.630. The maximum absolute atomic E-state index is 13.3. The molecule has 7 heteroatoms. The topological polar surface area (TPSA) is 51.0 Å². The summed E-state index contributed by atoms with van der Waals surface area (Å²) in [6.45, 7) is 0.121. The average molecular weight is 260 g/mol. The predicted octanol–water partition coefficient (Wildman–Crippen LogP) is 2.70. The lowest BCUT2D eigenvalue weighted by Crippen LogP contribution is -2.02. The maximum Gasteiger partial charge on any atom is 0.315 e. The van der Waals surface area contributed by atoms with Gasteiger partial charge in [-0.2, -0.15) is 0 Å². The first-order valence-corrected chi connectivity index (χ1v) is 5.28. The van der Waals surface area contributed by atoms with Gasteiger partial charge in [-0.25, -0.2) is 8.78 Å². The van der Waals surface area contributed by atoms with Crippen molar-refractivity contribution in [2.24, 2.45) is 0 Å². The van der Waals surface area contributed by atoms with Crippen LogP contribution in [0.2, 0.25) is 0 Å². The molecule has 0 atom stereocenters. The van der Waals surface area contributed by atoms with Crippen LogP contribution in [0.3, 0.4) is 0 Å². The Bertz CT molecular complexity index is 518. The van der Waals surface area contributed by atoms with Crippen molar-refractivity contribution in [3.63, 3.8) is 0 Å². The van der Waals surface area contributed by atoms with Crippen molar-refractivity contribution < 1.29 is 13.2 Å². The predicted molar refractivity (Wildman–Crippen MR) is 57.5 cm³/mol. The molecule has 0 saturated carbocycles. The summed E-state index contributed by atoms with van der Waals surface area (Å²) in [6, 6.07) is 3.48.